The summed E-state index contributed by atoms with van der Waals surface area (Å²) in [6.45, 7) is 4.44. The van der Waals surface area contributed by atoms with Crippen LogP contribution in [0.3, 0.4) is 0 Å². The van der Waals surface area contributed by atoms with Crippen LogP contribution in [0, 0.1) is 6.92 Å². The maximum absolute atomic E-state index is 12.7. The Kier molecular flexibility index (Phi) is 5.08. The van der Waals surface area contributed by atoms with Crippen molar-refractivity contribution in [3.05, 3.63) is 44.6 Å². The van der Waals surface area contributed by atoms with Crippen LogP contribution in [0.15, 0.2) is 39.0 Å². The first kappa shape index (κ1) is 16.5. The smallest absolute Gasteiger partial charge is 0.243 e. The molecule has 0 bridgehead atoms. The molecule has 0 saturated carbocycles. The fourth-order valence-electron chi connectivity index (χ4n) is 1.93. The third-order valence-electron chi connectivity index (χ3n) is 3.19. The number of thiophene rings is 1. The number of nitrogen functional groups attached to an aromatic ring is 1. The highest BCUT2D eigenvalue weighted by Gasteiger charge is 2.24. The largest absolute Gasteiger partial charge is 0.399 e. The quantitative estimate of drug-likeness (QED) is 0.795. The number of hydrogen-bond acceptors (Lipinski definition) is 4. The monoisotopic (exact) mass is 388 g/mol. The molecular formula is C14H17BrN2O2S2. The number of nitrogens with zero attached hydrogens (tertiary/aromatic N) is 1. The molecule has 0 unspecified atom stereocenters. The van der Waals surface area contributed by atoms with E-state index in [9.17, 15) is 8.42 Å². The van der Waals surface area contributed by atoms with E-state index in [1.165, 1.54) is 15.6 Å². The van der Waals surface area contributed by atoms with Crippen molar-refractivity contribution in [3.8, 4) is 0 Å². The molecular weight excluding hydrogens is 372 g/mol. The SMILES string of the molecule is CCN(Cc1ccc(Br)s1)S(=O)(=O)c1ccc(N)c(C)c1. The van der Waals surface area contributed by atoms with Crippen LogP contribution in [0.25, 0.3) is 0 Å². The summed E-state index contributed by atoms with van der Waals surface area (Å²) in [6.07, 6.45) is 0. The molecule has 2 N–H and O–H groups in total. The number of hydrogen-bond donors (Lipinski definition) is 1. The van der Waals surface area contributed by atoms with Crippen LogP contribution in [0.1, 0.15) is 17.4 Å². The van der Waals surface area contributed by atoms with Gasteiger partial charge >= 0.3 is 0 Å². The van der Waals surface area contributed by atoms with Gasteiger partial charge in [0.1, 0.15) is 0 Å². The molecule has 0 amide bonds. The molecule has 0 radical (unpaired) electrons. The van der Waals surface area contributed by atoms with Crippen molar-refractivity contribution in [2.45, 2.75) is 25.3 Å². The van der Waals surface area contributed by atoms with Crippen LogP contribution in [0.5, 0.6) is 0 Å². The maximum atomic E-state index is 12.7. The molecule has 4 nitrogen and oxygen atoms in total. The summed E-state index contributed by atoms with van der Waals surface area (Å²) in [5.41, 5.74) is 7.12. The van der Waals surface area contributed by atoms with Crippen LogP contribution >= 0.6 is 27.3 Å². The first-order chi connectivity index (χ1) is 9.84. The summed E-state index contributed by atoms with van der Waals surface area (Å²) >= 11 is 4.93. The minimum Gasteiger partial charge on any atom is -0.399 e. The number of halogens is 1. The number of anilines is 1. The van der Waals surface area contributed by atoms with E-state index in [1.807, 2.05) is 19.1 Å². The fourth-order valence-corrected chi connectivity index (χ4v) is 5.03. The summed E-state index contributed by atoms with van der Waals surface area (Å²) in [5, 5.41) is 0. The van der Waals surface area contributed by atoms with Crippen molar-refractivity contribution >= 4 is 43.0 Å². The average Bonchev–Trinajstić information content (AvgIpc) is 2.84. The van der Waals surface area contributed by atoms with Gasteiger partial charge in [0.25, 0.3) is 0 Å². The molecule has 0 aliphatic rings. The van der Waals surface area contributed by atoms with Gasteiger partial charge in [-0.25, -0.2) is 8.42 Å². The van der Waals surface area contributed by atoms with Crippen LogP contribution in [0.2, 0.25) is 0 Å². The van der Waals surface area contributed by atoms with Gasteiger partial charge < -0.3 is 5.73 Å². The Bertz CT molecular complexity index is 741. The molecule has 1 aromatic carbocycles. The number of nitrogens with two attached hydrogens (primary N) is 1. The first-order valence-corrected chi connectivity index (χ1v) is 9.50. The predicted octanol–water partition coefficient (Wildman–Crippen LogP) is 3.61. The molecule has 0 atom stereocenters. The van der Waals surface area contributed by atoms with E-state index in [2.05, 4.69) is 15.9 Å². The van der Waals surface area contributed by atoms with Crippen LogP contribution in [0.4, 0.5) is 5.69 Å². The van der Waals surface area contributed by atoms with Gasteiger partial charge in [-0.05, 0) is 58.7 Å². The van der Waals surface area contributed by atoms with Crippen molar-refractivity contribution in [3.63, 3.8) is 0 Å². The van der Waals surface area contributed by atoms with Crippen molar-refractivity contribution < 1.29 is 8.42 Å². The standard InChI is InChI=1S/C14H17BrN2O2S2/c1-3-17(9-11-4-7-14(15)20-11)21(18,19)12-5-6-13(16)10(2)8-12/h4-8H,3,9,16H2,1-2H3. The normalized spacial score (nSPS) is 12.0. The molecule has 2 aromatic rings. The summed E-state index contributed by atoms with van der Waals surface area (Å²) in [4.78, 5) is 1.28. The Morgan fingerprint density at radius 3 is 2.52 bits per heavy atom. The van der Waals surface area contributed by atoms with E-state index in [0.29, 0.717) is 18.8 Å². The van der Waals surface area contributed by atoms with Gasteiger partial charge in [0.2, 0.25) is 10.0 Å². The van der Waals surface area contributed by atoms with Crippen molar-refractivity contribution in [2.75, 3.05) is 12.3 Å². The third-order valence-corrected chi connectivity index (χ3v) is 6.72. The number of rotatable bonds is 5. The lowest BCUT2D eigenvalue weighted by atomic mass is 10.2. The molecule has 21 heavy (non-hydrogen) atoms. The molecule has 0 saturated heterocycles. The zero-order chi connectivity index (χ0) is 15.6. The van der Waals surface area contributed by atoms with Gasteiger partial charge in [0.05, 0.1) is 8.68 Å². The van der Waals surface area contributed by atoms with Gasteiger partial charge in [-0.1, -0.05) is 6.92 Å². The van der Waals surface area contributed by atoms with Crippen molar-refractivity contribution in [1.29, 1.82) is 0 Å². The van der Waals surface area contributed by atoms with Gasteiger partial charge in [-0.3, -0.25) is 0 Å². The van der Waals surface area contributed by atoms with Crippen LogP contribution in [-0.2, 0) is 16.6 Å². The molecule has 114 valence electrons. The number of benzene rings is 1. The third kappa shape index (κ3) is 3.66. The Morgan fingerprint density at radius 1 is 1.29 bits per heavy atom. The molecule has 0 spiro atoms. The second-order valence-electron chi connectivity index (χ2n) is 4.66. The number of aryl methyl sites for hydroxylation is 1. The lowest BCUT2D eigenvalue weighted by Gasteiger charge is -2.20. The van der Waals surface area contributed by atoms with Gasteiger partial charge in [0.15, 0.2) is 0 Å². The summed E-state index contributed by atoms with van der Waals surface area (Å²) in [5.74, 6) is 0. The predicted molar refractivity (Wildman–Crippen MR) is 90.9 cm³/mol. The molecule has 1 aromatic heterocycles. The van der Waals surface area contributed by atoms with E-state index in [-0.39, 0.29) is 4.90 Å². The summed E-state index contributed by atoms with van der Waals surface area (Å²) < 4.78 is 27.9. The highest BCUT2D eigenvalue weighted by Crippen LogP contribution is 2.26. The highest BCUT2D eigenvalue weighted by molar-refractivity contribution is 9.11. The van der Waals surface area contributed by atoms with Gasteiger partial charge in [-0.15, -0.1) is 11.3 Å². The van der Waals surface area contributed by atoms with Gasteiger partial charge in [-0.2, -0.15) is 4.31 Å². The highest BCUT2D eigenvalue weighted by atomic mass is 79.9. The molecule has 0 aliphatic carbocycles. The minimum absolute atomic E-state index is 0.284. The van der Waals surface area contributed by atoms with E-state index in [4.69, 9.17) is 5.73 Å². The van der Waals surface area contributed by atoms with E-state index >= 15 is 0 Å². The summed E-state index contributed by atoms with van der Waals surface area (Å²) in [6, 6.07) is 8.68. The average molecular weight is 389 g/mol. The van der Waals surface area contributed by atoms with E-state index in [1.54, 1.807) is 25.1 Å². The molecule has 7 heteroatoms. The molecule has 2 rings (SSSR count). The van der Waals surface area contributed by atoms with Crippen LogP contribution in [-0.4, -0.2) is 19.3 Å². The zero-order valence-electron chi connectivity index (χ0n) is 11.8. The second-order valence-corrected chi connectivity index (χ2v) is 9.14. The zero-order valence-corrected chi connectivity index (χ0v) is 15.1. The Labute approximate surface area is 137 Å². The lowest BCUT2D eigenvalue weighted by Crippen LogP contribution is -2.30. The minimum atomic E-state index is -3.51. The van der Waals surface area contributed by atoms with Crippen molar-refractivity contribution in [2.24, 2.45) is 0 Å². The molecule has 0 aliphatic heterocycles. The molecule has 1 heterocycles. The Balaban J connectivity index is 2.32. The van der Waals surface area contributed by atoms with Crippen LogP contribution < -0.4 is 5.73 Å². The lowest BCUT2D eigenvalue weighted by molar-refractivity contribution is 0.426. The van der Waals surface area contributed by atoms with E-state index < -0.39 is 10.0 Å². The summed E-state index contributed by atoms with van der Waals surface area (Å²) in [7, 11) is -3.51. The van der Waals surface area contributed by atoms with Gasteiger partial charge in [0, 0.05) is 23.7 Å². The topological polar surface area (TPSA) is 63.4 Å². The first-order valence-electron chi connectivity index (χ1n) is 6.45. The Morgan fingerprint density at radius 2 is 2.00 bits per heavy atom. The van der Waals surface area contributed by atoms with E-state index in [0.717, 1.165) is 14.2 Å². The fraction of sp³-hybridized carbons (Fsp3) is 0.286. The maximum Gasteiger partial charge on any atom is 0.243 e. The van der Waals surface area contributed by atoms with Crippen molar-refractivity contribution in [1.82, 2.24) is 4.31 Å². The Hall–Kier alpha value is -0.890. The molecule has 0 fully saturated rings. The number of sulfonamides is 1. The second kappa shape index (κ2) is 6.48.